The lowest BCUT2D eigenvalue weighted by Gasteiger charge is -2.23. The molecule has 1 aromatic carbocycles. The molecule has 0 aromatic heterocycles. The van der Waals surface area contributed by atoms with Crippen LogP contribution in [0, 0.1) is 13.8 Å². The summed E-state index contributed by atoms with van der Waals surface area (Å²) in [5.74, 6) is -1.36. The third kappa shape index (κ3) is 1.98. The van der Waals surface area contributed by atoms with Gasteiger partial charge in [-0.05, 0) is 38.8 Å². The van der Waals surface area contributed by atoms with E-state index < -0.39 is 5.79 Å². The Kier molecular flexibility index (Phi) is 3.62. The van der Waals surface area contributed by atoms with Crippen molar-refractivity contribution in [2.24, 2.45) is 0 Å². The molecular weight excluding hydrogens is 334 g/mol. The van der Waals surface area contributed by atoms with E-state index >= 15 is 0 Å². The van der Waals surface area contributed by atoms with Crippen LogP contribution >= 0.6 is 15.9 Å². The number of rotatable bonds is 2. The molecule has 1 amide bonds. The molecule has 114 valence electrons. The van der Waals surface area contributed by atoms with Crippen molar-refractivity contribution in [3.8, 4) is 0 Å². The molecule has 4 nitrogen and oxygen atoms in total. The fraction of sp³-hybridized carbons (Fsp3) is 0.562. The Morgan fingerprint density at radius 3 is 2.33 bits per heavy atom. The molecule has 0 N–H and O–H groups in total. The minimum atomic E-state index is -1.26. The summed E-state index contributed by atoms with van der Waals surface area (Å²) in [5, 5.41) is 0.715. The van der Waals surface area contributed by atoms with Gasteiger partial charge in [-0.15, -0.1) is 0 Å². The summed E-state index contributed by atoms with van der Waals surface area (Å²) in [7, 11) is 0. The van der Waals surface area contributed by atoms with Gasteiger partial charge in [0.25, 0.3) is 11.7 Å². The zero-order valence-electron chi connectivity index (χ0n) is 12.8. The standard InChI is InChI=1S/C16H20BrNO3/c1-9-5-6-10(2)14-13(9)16(15(19)18(14)8-7-17)20-11(3)12(4)21-16/h5-6,11-12H,7-8H2,1-4H3. The van der Waals surface area contributed by atoms with E-state index in [1.807, 2.05) is 39.8 Å². The van der Waals surface area contributed by atoms with Gasteiger partial charge in [-0.1, -0.05) is 28.1 Å². The Labute approximate surface area is 133 Å². The Hall–Kier alpha value is -0.910. The Morgan fingerprint density at radius 1 is 1.19 bits per heavy atom. The van der Waals surface area contributed by atoms with Gasteiger partial charge in [-0.2, -0.15) is 0 Å². The number of nitrogens with zero attached hydrogens (tertiary/aromatic N) is 1. The number of alkyl halides is 1. The highest BCUT2D eigenvalue weighted by Crippen LogP contribution is 2.51. The average Bonchev–Trinajstić information content (AvgIpc) is 2.85. The van der Waals surface area contributed by atoms with Crippen LogP contribution in [0.15, 0.2) is 12.1 Å². The Bertz CT molecular complexity index is 591. The lowest BCUT2D eigenvalue weighted by atomic mass is 9.98. The van der Waals surface area contributed by atoms with Crippen LogP contribution in [0.4, 0.5) is 5.69 Å². The molecule has 2 aliphatic rings. The SMILES string of the molecule is Cc1ccc(C)c2c1N(CCBr)C(=O)C21OC(C)C(C)O1. The number of benzene rings is 1. The number of carbonyl (C=O) groups excluding carboxylic acids is 1. The van der Waals surface area contributed by atoms with E-state index in [9.17, 15) is 4.79 Å². The minimum absolute atomic E-state index is 0.106. The number of hydrogen-bond acceptors (Lipinski definition) is 3. The molecule has 0 bridgehead atoms. The van der Waals surface area contributed by atoms with Gasteiger partial charge < -0.3 is 14.4 Å². The van der Waals surface area contributed by atoms with Crippen molar-refractivity contribution in [3.63, 3.8) is 0 Å². The van der Waals surface area contributed by atoms with Crippen LogP contribution in [0.25, 0.3) is 0 Å². The van der Waals surface area contributed by atoms with Crippen molar-refractivity contribution in [2.45, 2.75) is 45.7 Å². The zero-order chi connectivity index (χ0) is 15.4. The molecule has 1 saturated heterocycles. The van der Waals surface area contributed by atoms with Crippen molar-refractivity contribution in [2.75, 3.05) is 16.8 Å². The molecule has 2 heterocycles. The van der Waals surface area contributed by atoms with Crippen molar-refractivity contribution in [1.82, 2.24) is 0 Å². The maximum atomic E-state index is 13.0. The van der Waals surface area contributed by atoms with E-state index in [0.717, 1.165) is 22.4 Å². The van der Waals surface area contributed by atoms with Gasteiger partial charge in [0, 0.05) is 17.4 Å². The van der Waals surface area contributed by atoms with Crippen molar-refractivity contribution >= 4 is 27.5 Å². The number of hydrogen-bond donors (Lipinski definition) is 0. The van der Waals surface area contributed by atoms with Crippen LogP contribution < -0.4 is 4.90 Å². The van der Waals surface area contributed by atoms with Gasteiger partial charge in [-0.25, -0.2) is 0 Å². The van der Waals surface area contributed by atoms with E-state index in [-0.39, 0.29) is 18.1 Å². The molecule has 1 fully saturated rings. The van der Waals surface area contributed by atoms with Crippen molar-refractivity contribution in [3.05, 3.63) is 28.8 Å². The average molecular weight is 354 g/mol. The number of anilines is 1. The summed E-state index contributed by atoms with van der Waals surface area (Å²) in [6.07, 6.45) is -0.212. The smallest absolute Gasteiger partial charge is 0.292 e. The molecule has 0 saturated carbocycles. The zero-order valence-corrected chi connectivity index (χ0v) is 14.4. The normalized spacial score (nSPS) is 31.3. The molecule has 0 radical (unpaired) electrons. The first-order chi connectivity index (χ1) is 9.92. The first-order valence-electron chi connectivity index (χ1n) is 7.26. The van der Waals surface area contributed by atoms with Gasteiger partial charge in [0.1, 0.15) is 0 Å². The predicted molar refractivity (Wildman–Crippen MR) is 84.8 cm³/mol. The molecule has 21 heavy (non-hydrogen) atoms. The van der Waals surface area contributed by atoms with E-state index in [1.54, 1.807) is 4.90 Å². The summed E-state index contributed by atoms with van der Waals surface area (Å²) in [6, 6.07) is 4.07. The monoisotopic (exact) mass is 353 g/mol. The van der Waals surface area contributed by atoms with Gasteiger partial charge in [0.15, 0.2) is 0 Å². The van der Waals surface area contributed by atoms with Gasteiger partial charge >= 0.3 is 0 Å². The molecule has 5 heteroatoms. The highest BCUT2D eigenvalue weighted by atomic mass is 79.9. The summed E-state index contributed by atoms with van der Waals surface area (Å²) < 4.78 is 12.1. The van der Waals surface area contributed by atoms with E-state index in [1.165, 1.54) is 0 Å². The summed E-state index contributed by atoms with van der Waals surface area (Å²) in [4.78, 5) is 14.8. The topological polar surface area (TPSA) is 38.8 Å². The van der Waals surface area contributed by atoms with Crippen molar-refractivity contribution in [1.29, 1.82) is 0 Å². The number of ether oxygens (including phenoxy) is 2. The largest absolute Gasteiger partial charge is 0.333 e. The van der Waals surface area contributed by atoms with Gasteiger partial charge in [-0.3, -0.25) is 4.79 Å². The fourth-order valence-corrected chi connectivity index (χ4v) is 3.56. The van der Waals surface area contributed by atoms with Gasteiger partial charge in [0.05, 0.1) is 17.9 Å². The molecule has 2 atom stereocenters. The second kappa shape index (κ2) is 5.07. The Morgan fingerprint density at radius 2 is 1.76 bits per heavy atom. The first-order valence-corrected chi connectivity index (χ1v) is 8.38. The van der Waals surface area contributed by atoms with E-state index in [4.69, 9.17) is 9.47 Å². The first kappa shape index (κ1) is 15.0. The number of fused-ring (bicyclic) bond motifs is 2. The second-order valence-corrected chi connectivity index (χ2v) is 6.62. The van der Waals surface area contributed by atoms with Crippen LogP contribution in [0.2, 0.25) is 0 Å². The molecule has 2 unspecified atom stereocenters. The molecule has 2 aliphatic heterocycles. The Balaban J connectivity index is 2.22. The maximum absolute atomic E-state index is 13.0. The maximum Gasteiger partial charge on any atom is 0.292 e. The molecule has 1 spiro atoms. The number of amides is 1. The fourth-order valence-electron chi connectivity index (χ4n) is 3.21. The van der Waals surface area contributed by atoms with E-state index in [2.05, 4.69) is 15.9 Å². The lowest BCUT2D eigenvalue weighted by molar-refractivity contribution is -0.189. The van der Waals surface area contributed by atoms with E-state index in [0.29, 0.717) is 11.9 Å². The number of halogens is 1. The van der Waals surface area contributed by atoms with Crippen LogP contribution in [-0.4, -0.2) is 30.0 Å². The predicted octanol–water partition coefficient (Wildman–Crippen LogP) is 3.02. The molecular formula is C16H20BrNO3. The van der Waals surface area contributed by atoms with Gasteiger partial charge in [0.2, 0.25) is 0 Å². The quantitative estimate of drug-likeness (QED) is 0.767. The highest BCUT2D eigenvalue weighted by Gasteiger charge is 2.60. The molecule has 3 rings (SSSR count). The van der Waals surface area contributed by atoms with Crippen molar-refractivity contribution < 1.29 is 14.3 Å². The summed E-state index contributed by atoms with van der Waals surface area (Å²) >= 11 is 3.43. The van der Waals surface area contributed by atoms with Crippen LogP contribution in [0.1, 0.15) is 30.5 Å². The highest BCUT2D eigenvalue weighted by molar-refractivity contribution is 9.09. The molecule has 1 aromatic rings. The second-order valence-electron chi connectivity index (χ2n) is 5.83. The third-order valence-corrected chi connectivity index (χ3v) is 4.74. The van der Waals surface area contributed by atoms with Crippen LogP contribution in [0.5, 0.6) is 0 Å². The summed E-state index contributed by atoms with van der Waals surface area (Å²) in [5.41, 5.74) is 3.92. The lowest BCUT2D eigenvalue weighted by Crippen LogP contribution is -2.42. The third-order valence-electron chi connectivity index (χ3n) is 4.39. The number of aryl methyl sites for hydroxylation is 2. The minimum Gasteiger partial charge on any atom is -0.333 e. The molecule has 0 aliphatic carbocycles. The van der Waals surface area contributed by atoms with Crippen LogP contribution in [0.3, 0.4) is 0 Å². The van der Waals surface area contributed by atoms with Crippen LogP contribution in [-0.2, 0) is 20.1 Å². The summed E-state index contributed by atoms with van der Waals surface area (Å²) in [6.45, 7) is 8.53. The number of carbonyl (C=O) groups is 1.